The van der Waals surface area contributed by atoms with E-state index in [1.54, 1.807) is 0 Å². The van der Waals surface area contributed by atoms with Gasteiger partial charge in [-0.1, -0.05) is 0 Å². The maximum Gasteiger partial charge on any atom is 0.460 e. The molecule has 1 fully saturated rings. The molecule has 1 aliphatic heterocycles. The molecule has 25 heavy (non-hydrogen) atoms. The summed E-state index contributed by atoms with van der Waals surface area (Å²) in [6.45, 7) is 3.37. The van der Waals surface area contributed by atoms with Crippen LogP contribution in [0.5, 0.6) is 0 Å². The van der Waals surface area contributed by atoms with Gasteiger partial charge in [-0.15, -0.1) is 0 Å². The Balaban J connectivity index is 3.34. The highest BCUT2D eigenvalue weighted by atomic mass is 19.4. The van der Waals surface area contributed by atoms with E-state index in [9.17, 15) is 44.6 Å². The van der Waals surface area contributed by atoms with E-state index in [1.165, 1.54) is 6.92 Å². The molecule has 1 heterocycles. The Labute approximate surface area is 137 Å². The summed E-state index contributed by atoms with van der Waals surface area (Å²) in [6.07, 6.45) is -12.4. The Bertz CT molecular complexity index is 476. The first-order chi connectivity index (χ1) is 10.9. The van der Waals surface area contributed by atoms with Crippen LogP contribution in [0.1, 0.15) is 27.2 Å². The fourth-order valence-electron chi connectivity index (χ4n) is 2.53. The topological polar surface area (TPSA) is 38.7 Å². The number of aliphatic hydroxyl groups excluding tert-OH is 1. The Morgan fingerprint density at radius 3 is 1.88 bits per heavy atom. The van der Waals surface area contributed by atoms with Crippen LogP contribution >= 0.6 is 0 Å². The molecule has 0 saturated carbocycles. The molecule has 0 unspecified atom stereocenters. The third-order valence-corrected chi connectivity index (χ3v) is 3.80. The molecule has 1 rings (SSSR count). The molecule has 1 aliphatic rings. The molecule has 3 atom stereocenters. The average Bonchev–Trinajstić information content (AvgIpc) is 2.40. The van der Waals surface area contributed by atoms with Crippen LogP contribution in [0.4, 0.5) is 39.5 Å². The van der Waals surface area contributed by atoms with E-state index in [0.29, 0.717) is 0 Å². The molecule has 12 heteroatoms. The van der Waals surface area contributed by atoms with Crippen molar-refractivity contribution >= 4 is 0 Å². The number of hydrogen-bond donors (Lipinski definition) is 1. The second kappa shape index (κ2) is 6.45. The van der Waals surface area contributed by atoms with E-state index >= 15 is 0 Å². The second-order valence-corrected chi connectivity index (χ2v) is 6.27. The summed E-state index contributed by atoms with van der Waals surface area (Å²) in [5.74, 6) is -22.7. The van der Waals surface area contributed by atoms with Gasteiger partial charge in [-0.05, 0) is 27.2 Å². The van der Waals surface area contributed by atoms with Gasteiger partial charge in [0.15, 0.2) is 6.29 Å². The first kappa shape index (κ1) is 22.3. The zero-order chi connectivity index (χ0) is 20.1. The molecule has 3 nitrogen and oxygen atoms in total. The van der Waals surface area contributed by atoms with Gasteiger partial charge in [0.25, 0.3) is 0 Å². The minimum absolute atomic E-state index is 0.217. The lowest BCUT2D eigenvalue weighted by Crippen LogP contribution is -2.67. The van der Waals surface area contributed by atoms with Crippen LogP contribution in [-0.4, -0.2) is 53.7 Å². The highest BCUT2D eigenvalue weighted by Crippen LogP contribution is 2.57. The van der Waals surface area contributed by atoms with Crippen molar-refractivity contribution in [1.29, 1.82) is 0 Å². The normalized spacial score (nSPS) is 28.9. The van der Waals surface area contributed by atoms with Gasteiger partial charge in [0.1, 0.15) is 6.10 Å². The zero-order valence-electron chi connectivity index (χ0n) is 13.3. The summed E-state index contributed by atoms with van der Waals surface area (Å²) in [7, 11) is 0. The van der Waals surface area contributed by atoms with E-state index in [-0.39, 0.29) is 6.61 Å². The van der Waals surface area contributed by atoms with Crippen LogP contribution in [0, 0.1) is 5.92 Å². The van der Waals surface area contributed by atoms with Crippen LogP contribution in [-0.2, 0) is 9.47 Å². The van der Waals surface area contributed by atoms with E-state index in [2.05, 4.69) is 0 Å². The van der Waals surface area contributed by atoms with Crippen molar-refractivity contribution in [2.24, 2.45) is 5.92 Å². The predicted molar refractivity (Wildman–Crippen MR) is 65.6 cm³/mol. The number of rotatable bonds is 5. The summed E-state index contributed by atoms with van der Waals surface area (Å²) < 4.78 is 128. The number of ether oxygens (including phenoxy) is 2. The Hall–Kier alpha value is -0.750. The lowest BCUT2D eigenvalue weighted by atomic mass is 9.78. The molecule has 0 amide bonds. The largest absolute Gasteiger partial charge is 0.460 e. The quantitative estimate of drug-likeness (QED) is 0.720. The summed E-state index contributed by atoms with van der Waals surface area (Å²) in [4.78, 5) is 0. The highest BCUT2D eigenvalue weighted by molar-refractivity contribution is 5.06. The van der Waals surface area contributed by atoms with Crippen molar-refractivity contribution in [3.8, 4) is 0 Å². The molecule has 0 aromatic carbocycles. The number of hydrogen-bond acceptors (Lipinski definition) is 3. The van der Waals surface area contributed by atoms with E-state index in [1.807, 2.05) is 0 Å². The van der Waals surface area contributed by atoms with Crippen LogP contribution in [0.25, 0.3) is 0 Å². The van der Waals surface area contributed by atoms with Crippen molar-refractivity contribution in [2.45, 2.75) is 69.1 Å². The van der Waals surface area contributed by atoms with Gasteiger partial charge < -0.3 is 14.6 Å². The Morgan fingerprint density at radius 2 is 1.48 bits per heavy atom. The number of alkyl halides is 9. The Kier molecular flexibility index (Phi) is 5.75. The molecule has 0 aromatic rings. The maximum atomic E-state index is 14.1. The van der Waals surface area contributed by atoms with Crippen molar-refractivity contribution in [3.63, 3.8) is 0 Å². The minimum atomic E-state index is -7.01. The molecule has 150 valence electrons. The molecular weight excluding hydrogens is 375 g/mol. The van der Waals surface area contributed by atoms with Crippen LogP contribution in [0.2, 0.25) is 0 Å². The number of halogens is 9. The first-order valence-electron chi connectivity index (χ1n) is 7.10. The van der Waals surface area contributed by atoms with E-state index < -0.39 is 54.3 Å². The molecule has 0 spiro atoms. The lowest BCUT2D eigenvalue weighted by Gasteiger charge is -2.47. The summed E-state index contributed by atoms with van der Waals surface area (Å²) in [6, 6.07) is 0. The van der Waals surface area contributed by atoms with Crippen LogP contribution in [0.3, 0.4) is 0 Å². The summed E-state index contributed by atoms with van der Waals surface area (Å²) >= 11 is 0. The van der Waals surface area contributed by atoms with Gasteiger partial charge in [-0.25, -0.2) is 0 Å². The average molecular weight is 392 g/mol. The van der Waals surface area contributed by atoms with Gasteiger partial charge in [0.2, 0.25) is 0 Å². The van der Waals surface area contributed by atoms with Crippen molar-refractivity contribution in [3.05, 3.63) is 0 Å². The van der Waals surface area contributed by atoms with Gasteiger partial charge >= 0.3 is 23.9 Å². The molecule has 1 N–H and O–H groups in total. The van der Waals surface area contributed by atoms with Gasteiger partial charge in [-0.3, -0.25) is 0 Å². The summed E-state index contributed by atoms with van der Waals surface area (Å²) in [5, 5.41) is 9.77. The third-order valence-electron chi connectivity index (χ3n) is 3.80. The monoisotopic (exact) mass is 392 g/mol. The van der Waals surface area contributed by atoms with Crippen LogP contribution < -0.4 is 0 Å². The maximum absolute atomic E-state index is 14.1. The highest BCUT2D eigenvalue weighted by Gasteiger charge is 2.83. The second-order valence-electron chi connectivity index (χ2n) is 6.27. The third kappa shape index (κ3) is 3.70. The van der Waals surface area contributed by atoms with Crippen molar-refractivity contribution < 1.29 is 54.1 Å². The first-order valence-corrected chi connectivity index (χ1v) is 7.10. The Morgan fingerprint density at radius 1 is 1.00 bits per heavy atom. The zero-order valence-corrected chi connectivity index (χ0v) is 13.3. The molecule has 0 aromatic heterocycles. The predicted octanol–water partition coefficient (Wildman–Crippen LogP) is 3.99. The molecule has 1 saturated heterocycles. The van der Waals surface area contributed by atoms with Gasteiger partial charge in [-0.2, -0.15) is 39.5 Å². The smallest absolute Gasteiger partial charge is 0.387 e. The fourth-order valence-corrected chi connectivity index (χ4v) is 2.53. The lowest BCUT2D eigenvalue weighted by molar-refractivity contribution is -0.415. The van der Waals surface area contributed by atoms with Gasteiger partial charge in [0.05, 0.1) is 11.5 Å². The van der Waals surface area contributed by atoms with Gasteiger partial charge in [0, 0.05) is 6.61 Å². The summed E-state index contributed by atoms with van der Waals surface area (Å²) in [5.41, 5.74) is -1.64. The van der Waals surface area contributed by atoms with Crippen LogP contribution in [0.15, 0.2) is 0 Å². The molecule has 0 radical (unpaired) electrons. The molecule has 0 aliphatic carbocycles. The van der Waals surface area contributed by atoms with E-state index in [0.717, 1.165) is 13.8 Å². The van der Waals surface area contributed by atoms with E-state index in [4.69, 9.17) is 9.47 Å². The SMILES string of the molecule is CCO[C@@H]1OC(C)(C)C[C@@H](C(F)(F)C(F)(F)C(F)(F)C(F)(F)F)[C@H]1O. The molecular formula is C13H17F9O3. The van der Waals surface area contributed by atoms with Crippen molar-refractivity contribution in [1.82, 2.24) is 0 Å². The fraction of sp³-hybridized carbons (Fsp3) is 1.00. The molecule has 0 bridgehead atoms. The standard InChI is InChI=1S/C13H17F9O3/c1-4-24-8-7(23)6(5-9(2,3)25-8)10(14,15)11(16,17)12(18,19)13(20,21)22/h6-8,23H,4-5H2,1-3H3/t6-,7-,8-/m1/s1. The number of aliphatic hydroxyl groups is 1. The minimum Gasteiger partial charge on any atom is -0.387 e. The van der Waals surface area contributed by atoms with Crippen molar-refractivity contribution in [2.75, 3.05) is 6.61 Å².